The zero-order valence-electron chi connectivity index (χ0n) is 16.3. The van der Waals surface area contributed by atoms with Crippen LogP contribution >= 0.6 is 11.6 Å². The predicted octanol–water partition coefficient (Wildman–Crippen LogP) is 7.35. The highest BCUT2D eigenvalue weighted by atomic mass is 35.5. The lowest BCUT2D eigenvalue weighted by molar-refractivity contribution is 0.102. The Labute approximate surface area is 165 Å². The minimum atomic E-state index is -0.446. The number of carbonyl (C=O) groups is 1. The molecular formula is C22H25ClFNO2. The smallest absolute Gasteiger partial charge is 0.259 e. The molecule has 0 bridgehead atoms. The van der Waals surface area contributed by atoms with Gasteiger partial charge in [-0.15, -0.1) is 0 Å². The number of furan rings is 1. The van der Waals surface area contributed by atoms with Crippen molar-refractivity contribution in [3.05, 3.63) is 77.0 Å². The molecule has 5 heteroatoms. The van der Waals surface area contributed by atoms with E-state index in [4.69, 9.17) is 16.0 Å². The van der Waals surface area contributed by atoms with E-state index in [0.29, 0.717) is 33.2 Å². The Morgan fingerprint density at radius 3 is 2.26 bits per heavy atom. The molecule has 3 aromatic rings. The van der Waals surface area contributed by atoms with Crippen LogP contribution in [-0.4, -0.2) is 5.91 Å². The normalized spacial score (nSPS) is 9.44. The molecule has 1 amide bonds. The molecule has 0 unspecified atom stereocenters. The highest BCUT2D eigenvalue weighted by Crippen LogP contribution is 2.31. The van der Waals surface area contributed by atoms with Gasteiger partial charge in [-0.1, -0.05) is 57.5 Å². The molecular weight excluding hydrogens is 365 g/mol. The largest absolute Gasteiger partial charge is 0.469 e. The van der Waals surface area contributed by atoms with Gasteiger partial charge in [0.05, 0.1) is 11.8 Å². The number of nitrogens with one attached hydrogen (secondary N) is 1. The second-order valence-electron chi connectivity index (χ2n) is 5.01. The van der Waals surface area contributed by atoms with Crippen molar-refractivity contribution in [1.29, 1.82) is 0 Å². The topological polar surface area (TPSA) is 42.2 Å². The molecule has 3 rings (SSSR count). The summed E-state index contributed by atoms with van der Waals surface area (Å²) in [5.74, 6) is -0.227. The average Bonchev–Trinajstić information content (AvgIpc) is 3.12. The number of carbonyl (C=O) groups excluding carboxylic acids is 1. The van der Waals surface area contributed by atoms with Crippen LogP contribution in [0.1, 0.15) is 43.8 Å². The van der Waals surface area contributed by atoms with Gasteiger partial charge < -0.3 is 9.73 Å². The molecule has 1 heterocycles. The molecule has 3 nitrogen and oxygen atoms in total. The van der Waals surface area contributed by atoms with Gasteiger partial charge in [-0.05, 0) is 37.3 Å². The molecule has 0 fully saturated rings. The zero-order chi connectivity index (χ0) is 20.4. The number of anilines is 1. The molecule has 0 saturated heterocycles. The molecule has 0 aliphatic rings. The molecule has 0 aliphatic carbocycles. The van der Waals surface area contributed by atoms with Crippen LogP contribution in [0.15, 0.2) is 59.2 Å². The van der Waals surface area contributed by atoms with E-state index in [1.807, 2.05) is 27.7 Å². The second kappa shape index (κ2) is 11.2. The maximum atomic E-state index is 14.2. The second-order valence-corrected chi connectivity index (χ2v) is 5.45. The Morgan fingerprint density at radius 2 is 1.67 bits per heavy atom. The van der Waals surface area contributed by atoms with Crippen molar-refractivity contribution in [2.45, 2.75) is 34.6 Å². The fourth-order valence-electron chi connectivity index (χ4n) is 2.35. The van der Waals surface area contributed by atoms with E-state index in [-0.39, 0.29) is 5.91 Å². The molecule has 1 aromatic heterocycles. The first-order valence-corrected chi connectivity index (χ1v) is 9.34. The average molecular weight is 390 g/mol. The van der Waals surface area contributed by atoms with Crippen molar-refractivity contribution in [2.75, 3.05) is 5.32 Å². The lowest BCUT2D eigenvalue weighted by Gasteiger charge is -2.12. The number of hydrogen-bond acceptors (Lipinski definition) is 2. The predicted molar refractivity (Wildman–Crippen MR) is 111 cm³/mol. The van der Waals surface area contributed by atoms with E-state index in [0.717, 1.165) is 0 Å². The van der Waals surface area contributed by atoms with E-state index >= 15 is 0 Å². The number of amides is 1. The summed E-state index contributed by atoms with van der Waals surface area (Å²) in [4.78, 5) is 12.3. The van der Waals surface area contributed by atoms with Gasteiger partial charge in [0.15, 0.2) is 0 Å². The van der Waals surface area contributed by atoms with Crippen LogP contribution in [0, 0.1) is 12.7 Å². The van der Waals surface area contributed by atoms with Gasteiger partial charge in [-0.25, -0.2) is 4.39 Å². The van der Waals surface area contributed by atoms with E-state index in [1.54, 1.807) is 49.4 Å². The van der Waals surface area contributed by atoms with Gasteiger partial charge in [0.1, 0.15) is 11.6 Å². The lowest BCUT2D eigenvalue weighted by atomic mass is 10.0. The van der Waals surface area contributed by atoms with Crippen LogP contribution < -0.4 is 5.32 Å². The maximum Gasteiger partial charge on any atom is 0.259 e. The van der Waals surface area contributed by atoms with Crippen LogP contribution in [0.4, 0.5) is 10.1 Å². The quantitative estimate of drug-likeness (QED) is 0.508. The van der Waals surface area contributed by atoms with Crippen LogP contribution in [0.2, 0.25) is 5.02 Å². The van der Waals surface area contributed by atoms with Crippen molar-refractivity contribution in [2.24, 2.45) is 0 Å². The summed E-state index contributed by atoms with van der Waals surface area (Å²) in [7, 11) is 0. The number of aryl methyl sites for hydroxylation is 1. The standard InChI is InChI=1S/C18H13ClFNO2.2C2H6/c1-11-13(8-9-23-11)18(22)21-17-5-3-2-4-15(17)14-7-6-12(19)10-16(14)20;2*1-2/h2-10H,1H3,(H,21,22);2*1-2H3. The zero-order valence-corrected chi connectivity index (χ0v) is 17.0. The highest BCUT2D eigenvalue weighted by Gasteiger charge is 2.15. The van der Waals surface area contributed by atoms with E-state index in [1.165, 1.54) is 12.3 Å². The molecule has 0 saturated carbocycles. The monoisotopic (exact) mass is 389 g/mol. The highest BCUT2D eigenvalue weighted by molar-refractivity contribution is 6.30. The van der Waals surface area contributed by atoms with Crippen LogP contribution in [-0.2, 0) is 0 Å². The number of para-hydroxylation sites is 1. The summed E-state index contributed by atoms with van der Waals surface area (Å²) in [5, 5.41) is 3.12. The molecule has 2 aromatic carbocycles. The van der Waals surface area contributed by atoms with E-state index < -0.39 is 5.82 Å². The lowest BCUT2D eigenvalue weighted by Crippen LogP contribution is -2.12. The minimum Gasteiger partial charge on any atom is -0.469 e. The molecule has 0 radical (unpaired) electrons. The van der Waals surface area contributed by atoms with Crippen LogP contribution in [0.25, 0.3) is 11.1 Å². The number of benzene rings is 2. The summed E-state index contributed by atoms with van der Waals surface area (Å²) in [5.41, 5.74) is 1.90. The molecule has 1 N–H and O–H groups in total. The fraction of sp³-hybridized carbons (Fsp3) is 0.227. The molecule has 0 atom stereocenters. The van der Waals surface area contributed by atoms with Gasteiger partial charge in [-0.3, -0.25) is 4.79 Å². The van der Waals surface area contributed by atoms with Crippen LogP contribution in [0.3, 0.4) is 0 Å². The summed E-state index contributed by atoms with van der Waals surface area (Å²) < 4.78 is 19.3. The molecule has 144 valence electrons. The molecule has 0 spiro atoms. The van der Waals surface area contributed by atoms with Crippen molar-refractivity contribution in [1.82, 2.24) is 0 Å². The van der Waals surface area contributed by atoms with Gasteiger partial charge in [-0.2, -0.15) is 0 Å². The Morgan fingerprint density at radius 1 is 1.00 bits per heavy atom. The van der Waals surface area contributed by atoms with Gasteiger partial charge >= 0.3 is 0 Å². The van der Waals surface area contributed by atoms with Crippen LogP contribution in [0.5, 0.6) is 0 Å². The van der Waals surface area contributed by atoms with Crippen molar-refractivity contribution < 1.29 is 13.6 Å². The first kappa shape index (κ1) is 22.5. The summed E-state index contributed by atoms with van der Waals surface area (Å²) in [6.07, 6.45) is 1.45. The van der Waals surface area contributed by atoms with Crippen molar-refractivity contribution in [3.8, 4) is 11.1 Å². The fourth-order valence-corrected chi connectivity index (χ4v) is 2.50. The SMILES string of the molecule is CC.CC.Cc1occc1C(=O)Nc1ccccc1-c1ccc(Cl)cc1F. The molecule has 0 aliphatic heterocycles. The summed E-state index contributed by atoms with van der Waals surface area (Å²) >= 11 is 5.79. The first-order valence-electron chi connectivity index (χ1n) is 8.96. The van der Waals surface area contributed by atoms with Crippen molar-refractivity contribution >= 4 is 23.2 Å². The Bertz CT molecular complexity index is 874. The Hall–Kier alpha value is -2.59. The molecule has 27 heavy (non-hydrogen) atoms. The van der Waals surface area contributed by atoms with E-state index in [9.17, 15) is 9.18 Å². The number of halogens is 2. The Balaban J connectivity index is 0.000000855. The number of rotatable bonds is 3. The third-order valence-electron chi connectivity index (χ3n) is 3.50. The summed E-state index contributed by atoms with van der Waals surface area (Å²) in [6, 6.07) is 13.1. The van der Waals surface area contributed by atoms with Gasteiger partial charge in [0.25, 0.3) is 5.91 Å². The Kier molecular flexibility index (Phi) is 9.31. The third kappa shape index (κ3) is 5.69. The number of hydrogen-bond donors (Lipinski definition) is 1. The summed E-state index contributed by atoms with van der Waals surface area (Å²) in [6.45, 7) is 9.71. The van der Waals surface area contributed by atoms with Crippen molar-refractivity contribution in [3.63, 3.8) is 0 Å². The third-order valence-corrected chi connectivity index (χ3v) is 3.74. The van der Waals surface area contributed by atoms with E-state index in [2.05, 4.69) is 5.32 Å². The maximum absolute atomic E-state index is 14.2. The first-order chi connectivity index (χ1) is 13.1. The van der Waals surface area contributed by atoms with Gasteiger partial charge in [0.2, 0.25) is 0 Å². The minimum absolute atomic E-state index is 0.307. The van der Waals surface area contributed by atoms with Gasteiger partial charge in [0, 0.05) is 21.8 Å².